The maximum Gasteiger partial charge on any atom is 0.191 e. The molecule has 3 aromatic rings. The first-order chi connectivity index (χ1) is 14.2. The summed E-state index contributed by atoms with van der Waals surface area (Å²) >= 11 is 0. The van der Waals surface area contributed by atoms with E-state index in [1.165, 1.54) is 5.56 Å². The Bertz CT molecular complexity index is 954. The monoisotopic (exact) mass is 390 g/mol. The molecule has 6 nitrogen and oxygen atoms in total. The van der Waals surface area contributed by atoms with Crippen molar-refractivity contribution in [1.82, 2.24) is 25.1 Å². The fourth-order valence-electron chi connectivity index (χ4n) is 3.98. The average molecular weight is 391 g/mol. The highest BCUT2D eigenvalue weighted by Crippen LogP contribution is 2.15. The minimum Gasteiger partial charge on any atom is -0.354 e. The SMILES string of the molecule is CN=C(NCc1nc2ccccc2n1C)NC1CCN(Cc2ccccc2)CC1. The van der Waals surface area contributed by atoms with Gasteiger partial charge in [-0.2, -0.15) is 0 Å². The first-order valence-electron chi connectivity index (χ1n) is 10.4. The van der Waals surface area contributed by atoms with Gasteiger partial charge in [-0.25, -0.2) is 4.98 Å². The molecule has 0 bridgehead atoms. The van der Waals surface area contributed by atoms with Crippen molar-refractivity contribution in [3.8, 4) is 0 Å². The largest absolute Gasteiger partial charge is 0.354 e. The van der Waals surface area contributed by atoms with Gasteiger partial charge in [-0.3, -0.25) is 9.89 Å². The maximum absolute atomic E-state index is 4.73. The molecule has 0 spiro atoms. The lowest BCUT2D eigenvalue weighted by Crippen LogP contribution is -2.48. The minimum atomic E-state index is 0.452. The lowest BCUT2D eigenvalue weighted by molar-refractivity contribution is 0.198. The van der Waals surface area contributed by atoms with Crippen molar-refractivity contribution < 1.29 is 0 Å². The highest BCUT2D eigenvalue weighted by Gasteiger charge is 2.20. The van der Waals surface area contributed by atoms with Crippen LogP contribution in [0.4, 0.5) is 0 Å². The average Bonchev–Trinajstić information content (AvgIpc) is 3.09. The Labute approximate surface area is 172 Å². The Morgan fingerprint density at radius 2 is 1.79 bits per heavy atom. The van der Waals surface area contributed by atoms with Crippen molar-refractivity contribution in [2.24, 2.45) is 12.0 Å². The number of hydrogen-bond donors (Lipinski definition) is 2. The van der Waals surface area contributed by atoms with Gasteiger partial charge in [-0.15, -0.1) is 0 Å². The number of aryl methyl sites for hydroxylation is 1. The second-order valence-corrected chi connectivity index (χ2v) is 7.68. The highest BCUT2D eigenvalue weighted by molar-refractivity contribution is 5.80. The second-order valence-electron chi connectivity index (χ2n) is 7.68. The van der Waals surface area contributed by atoms with Crippen molar-refractivity contribution in [3.63, 3.8) is 0 Å². The number of imidazole rings is 1. The van der Waals surface area contributed by atoms with Crippen molar-refractivity contribution in [1.29, 1.82) is 0 Å². The first-order valence-corrected chi connectivity index (χ1v) is 10.4. The van der Waals surface area contributed by atoms with Crippen molar-refractivity contribution in [2.45, 2.75) is 32.0 Å². The normalized spacial score (nSPS) is 16.3. The zero-order valence-corrected chi connectivity index (χ0v) is 17.3. The lowest BCUT2D eigenvalue weighted by Gasteiger charge is -2.33. The molecule has 0 amide bonds. The summed E-state index contributed by atoms with van der Waals surface area (Å²) in [7, 11) is 3.89. The van der Waals surface area contributed by atoms with Crippen LogP contribution in [-0.4, -0.2) is 46.6 Å². The number of likely N-dealkylation sites (tertiary alicyclic amines) is 1. The number of aromatic nitrogens is 2. The molecule has 0 aliphatic carbocycles. The van der Waals surface area contributed by atoms with Crippen molar-refractivity contribution in [3.05, 3.63) is 66.0 Å². The number of guanidine groups is 1. The zero-order valence-electron chi connectivity index (χ0n) is 17.3. The van der Waals surface area contributed by atoms with Crippen LogP contribution in [0, 0.1) is 0 Å². The summed E-state index contributed by atoms with van der Waals surface area (Å²) in [5.74, 6) is 1.85. The molecule has 2 heterocycles. The van der Waals surface area contributed by atoms with Gasteiger partial charge in [0.25, 0.3) is 0 Å². The van der Waals surface area contributed by atoms with E-state index < -0.39 is 0 Å². The molecule has 6 heteroatoms. The molecule has 0 unspecified atom stereocenters. The topological polar surface area (TPSA) is 57.5 Å². The molecule has 1 aliphatic heterocycles. The molecule has 4 rings (SSSR count). The van der Waals surface area contributed by atoms with Gasteiger partial charge in [-0.05, 0) is 30.5 Å². The summed E-state index contributed by atoms with van der Waals surface area (Å²) in [5, 5.41) is 7.02. The van der Waals surface area contributed by atoms with Crippen LogP contribution in [0.1, 0.15) is 24.2 Å². The van der Waals surface area contributed by atoms with E-state index in [0.29, 0.717) is 12.6 Å². The van der Waals surface area contributed by atoms with Crippen LogP contribution in [0.3, 0.4) is 0 Å². The molecule has 0 saturated carbocycles. The van der Waals surface area contributed by atoms with E-state index in [0.717, 1.165) is 55.3 Å². The highest BCUT2D eigenvalue weighted by atomic mass is 15.2. The van der Waals surface area contributed by atoms with Crippen LogP contribution >= 0.6 is 0 Å². The second kappa shape index (κ2) is 9.09. The van der Waals surface area contributed by atoms with Gasteiger partial charge in [0, 0.05) is 39.8 Å². The molecule has 152 valence electrons. The Kier molecular flexibility index (Phi) is 6.10. The van der Waals surface area contributed by atoms with Gasteiger partial charge < -0.3 is 15.2 Å². The Morgan fingerprint density at radius 1 is 1.07 bits per heavy atom. The molecule has 0 atom stereocenters. The van der Waals surface area contributed by atoms with E-state index in [-0.39, 0.29) is 0 Å². The summed E-state index contributed by atoms with van der Waals surface area (Å²) in [4.78, 5) is 11.7. The van der Waals surface area contributed by atoms with Crippen LogP contribution in [-0.2, 0) is 20.1 Å². The summed E-state index contributed by atoms with van der Waals surface area (Å²) in [5.41, 5.74) is 3.57. The molecule has 0 radical (unpaired) electrons. The molecule has 1 fully saturated rings. The van der Waals surface area contributed by atoms with Crippen LogP contribution < -0.4 is 10.6 Å². The Morgan fingerprint density at radius 3 is 2.52 bits per heavy atom. The van der Waals surface area contributed by atoms with E-state index in [1.54, 1.807) is 0 Å². The molecule has 1 aromatic heterocycles. The van der Waals surface area contributed by atoms with Gasteiger partial charge in [0.05, 0.1) is 17.6 Å². The summed E-state index contributed by atoms with van der Waals surface area (Å²) < 4.78 is 2.14. The summed E-state index contributed by atoms with van der Waals surface area (Å²) in [6.45, 7) is 3.90. The van der Waals surface area contributed by atoms with Gasteiger partial charge in [0.2, 0.25) is 0 Å². The fraction of sp³-hybridized carbons (Fsp3) is 0.391. The van der Waals surface area contributed by atoms with E-state index in [1.807, 2.05) is 19.2 Å². The molecule has 2 N–H and O–H groups in total. The molecule has 1 saturated heterocycles. The molecule has 2 aromatic carbocycles. The van der Waals surface area contributed by atoms with Crippen molar-refractivity contribution in [2.75, 3.05) is 20.1 Å². The van der Waals surface area contributed by atoms with Gasteiger partial charge in [0.1, 0.15) is 5.82 Å². The number of nitrogens with zero attached hydrogens (tertiary/aromatic N) is 4. The number of piperidine rings is 1. The summed E-state index contributed by atoms with van der Waals surface area (Å²) in [6.07, 6.45) is 2.25. The van der Waals surface area contributed by atoms with Gasteiger partial charge >= 0.3 is 0 Å². The minimum absolute atomic E-state index is 0.452. The molecule has 29 heavy (non-hydrogen) atoms. The Hall–Kier alpha value is -2.86. The van der Waals surface area contributed by atoms with Crippen LogP contribution in [0.5, 0.6) is 0 Å². The zero-order chi connectivity index (χ0) is 20.1. The van der Waals surface area contributed by atoms with Crippen LogP contribution in [0.15, 0.2) is 59.6 Å². The number of fused-ring (bicyclic) bond motifs is 1. The van der Waals surface area contributed by atoms with E-state index in [9.17, 15) is 0 Å². The van der Waals surface area contributed by atoms with Crippen LogP contribution in [0.2, 0.25) is 0 Å². The van der Waals surface area contributed by atoms with E-state index >= 15 is 0 Å². The predicted molar refractivity (Wildman–Crippen MR) is 119 cm³/mol. The quantitative estimate of drug-likeness (QED) is 0.520. The molecule has 1 aliphatic rings. The Balaban J connectivity index is 1.27. The van der Waals surface area contributed by atoms with Gasteiger partial charge in [0.15, 0.2) is 5.96 Å². The molecular weight excluding hydrogens is 360 g/mol. The smallest absolute Gasteiger partial charge is 0.191 e. The lowest BCUT2D eigenvalue weighted by atomic mass is 10.0. The van der Waals surface area contributed by atoms with E-state index in [4.69, 9.17) is 4.98 Å². The van der Waals surface area contributed by atoms with Gasteiger partial charge in [-0.1, -0.05) is 42.5 Å². The number of para-hydroxylation sites is 2. The standard InChI is InChI=1S/C23H30N6/c1-24-23(25-16-22-27-20-10-6-7-11-21(20)28(22)2)26-19-12-14-29(15-13-19)17-18-8-4-3-5-9-18/h3-11,19H,12-17H2,1-2H3,(H2,24,25,26). The number of aliphatic imine (C=N–C) groups is 1. The van der Waals surface area contributed by atoms with Crippen molar-refractivity contribution >= 4 is 17.0 Å². The fourth-order valence-corrected chi connectivity index (χ4v) is 3.98. The number of rotatable bonds is 5. The third kappa shape index (κ3) is 4.77. The predicted octanol–water partition coefficient (Wildman–Crippen LogP) is 2.90. The van der Waals surface area contributed by atoms with Crippen LogP contribution in [0.25, 0.3) is 11.0 Å². The van der Waals surface area contributed by atoms with E-state index in [2.05, 4.69) is 74.6 Å². The maximum atomic E-state index is 4.73. The number of hydrogen-bond acceptors (Lipinski definition) is 3. The first kappa shape index (κ1) is 19.5. The third-order valence-corrected chi connectivity index (χ3v) is 5.69. The summed E-state index contributed by atoms with van der Waals surface area (Å²) in [6, 6.07) is 19.4. The number of nitrogens with one attached hydrogen (secondary N) is 2. The third-order valence-electron chi connectivity index (χ3n) is 5.69. The molecular formula is C23H30N6. The number of benzene rings is 2.